The summed E-state index contributed by atoms with van der Waals surface area (Å²) in [6.45, 7) is 4.78. The average Bonchev–Trinajstić information content (AvgIpc) is 3.78. The van der Waals surface area contributed by atoms with Crippen molar-refractivity contribution in [2.75, 3.05) is 51.8 Å². The molecule has 4 atom stereocenters. The van der Waals surface area contributed by atoms with Gasteiger partial charge in [-0.1, -0.05) is 13.0 Å². The molecule has 2 N–H and O–H groups in total. The minimum atomic E-state index is -0.684. The number of carbonyl (C=O) groups excluding carboxylic acids is 1. The highest BCUT2D eigenvalue weighted by atomic mass is 19.1. The number of fused-ring (bicyclic) bond motifs is 5. The van der Waals surface area contributed by atoms with Gasteiger partial charge >= 0.3 is 12.1 Å². The molecule has 4 aliphatic heterocycles. The number of hydrogen-bond acceptors (Lipinski definition) is 10. The predicted octanol–water partition coefficient (Wildman–Crippen LogP) is 5.41. The standard InChI is InChI=1S/C37H43F2N7O4/c1-4-26-29(38)9-6-21-14-25(47)15-27(30(21)26)32-31(39)33-28(16-40-32)34(45-17-22-7-8-23(18-45)41-22)43-35(42-33)50-20-37-11-5-13-46(37)24(10-12-37)19-49-36(48)44(2)3/h6,9,14-16,22-24,41,47H,4-5,7-8,10-13,17-20H2,1-3H3/t22?,23?,24?,37-/m1/s1. The number of hydrogen-bond donors (Lipinski definition) is 2. The second-order valence-electron chi connectivity index (χ2n) is 14.5. The van der Waals surface area contributed by atoms with Gasteiger partial charge in [0.1, 0.15) is 41.8 Å². The summed E-state index contributed by atoms with van der Waals surface area (Å²) in [6.07, 6.45) is 7.41. The Morgan fingerprint density at radius 2 is 1.92 bits per heavy atom. The Hall–Kier alpha value is -4.36. The van der Waals surface area contributed by atoms with Crippen molar-refractivity contribution in [2.24, 2.45) is 0 Å². The highest BCUT2D eigenvalue weighted by Crippen LogP contribution is 2.44. The van der Waals surface area contributed by atoms with Crippen molar-refractivity contribution in [3.63, 3.8) is 0 Å². The fraction of sp³-hybridized carbons (Fsp3) is 0.514. The van der Waals surface area contributed by atoms with Crippen molar-refractivity contribution in [3.8, 4) is 23.0 Å². The number of phenolic OH excluding ortho intramolecular Hbond substituents is 1. The van der Waals surface area contributed by atoms with Crippen molar-refractivity contribution in [1.29, 1.82) is 0 Å². The molecule has 4 aliphatic rings. The quantitative estimate of drug-likeness (QED) is 0.249. The molecule has 4 aromatic rings. The molecule has 2 aromatic carbocycles. The van der Waals surface area contributed by atoms with Crippen LogP contribution in [0.25, 0.3) is 32.9 Å². The van der Waals surface area contributed by atoms with E-state index in [1.807, 2.05) is 6.92 Å². The normalized spacial score (nSPS) is 24.7. The highest BCUT2D eigenvalue weighted by Gasteiger charge is 2.50. The number of aromatic nitrogens is 3. The summed E-state index contributed by atoms with van der Waals surface area (Å²) >= 11 is 0. The molecular weight excluding hydrogens is 644 g/mol. The van der Waals surface area contributed by atoms with E-state index >= 15 is 8.78 Å². The molecule has 0 radical (unpaired) electrons. The number of benzene rings is 2. The number of halogens is 2. The Labute approximate surface area is 289 Å². The minimum Gasteiger partial charge on any atom is -0.508 e. The molecule has 4 fully saturated rings. The number of nitrogens with zero attached hydrogens (tertiary/aromatic N) is 6. The summed E-state index contributed by atoms with van der Waals surface area (Å²) in [7, 11) is 3.34. The monoisotopic (exact) mass is 687 g/mol. The maximum absolute atomic E-state index is 17.0. The molecule has 264 valence electrons. The molecular formula is C37H43F2N7O4. The van der Waals surface area contributed by atoms with Gasteiger partial charge in [-0.3, -0.25) is 9.88 Å². The lowest BCUT2D eigenvalue weighted by atomic mass is 9.94. The summed E-state index contributed by atoms with van der Waals surface area (Å²) in [5.41, 5.74) is 0.499. The summed E-state index contributed by atoms with van der Waals surface area (Å²) in [4.78, 5) is 32.3. The van der Waals surface area contributed by atoms with Gasteiger partial charge in [0, 0.05) is 57.1 Å². The van der Waals surface area contributed by atoms with Gasteiger partial charge in [0.2, 0.25) is 0 Å². The van der Waals surface area contributed by atoms with Crippen LogP contribution < -0.4 is 15.0 Å². The second-order valence-corrected chi connectivity index (χ2v) is 14.5. The van der Waals surface area contributed by atoms with Crippen LogP contribution in [0.1, 0.15) is 51.0 Å². The van der Waals surface area contributed by atoms with Crippen LogP contribution >= 0.6 is 0 Å². The zero-order valence-electron chi connectivity index (χ0n) is 28.7. The minimum absolute atomic E-state index is 0.0267. The molecule has 0 saturated carbocycles. The second kappa shape index (κ2) is 12.8. The number of rotatable bonds is 8. The van der Waals surface area contributed by atoms with E-state index in [9.17, 15) is 9.90 Å². The number of nitrogens with one attached hydrogen (secondary N) is 1. The van der Waals surface area contributed by atoms with Gasteiger partial charge in [0.05, 0.1) is 10.9 Å². The van der Waals surface area contributed by atoms with Gasteiger partial charge in [0.25, 0.3) is 0 Å². The molecule has 4 saturated heterocycles. The zero-order valence-corrected chi connectivity index (χ0v) is 28.7. The Morgan fingerprint density at radius 3 is 2.68 bits per heavy atom. The van der Waals surface area contributed by atoms with Crippen LogP contribution in [0.2, 0.25) is 0 Å². The Bertz CT molecular complexity index is 1970. The lowest BCUT2D eigenvalue weighted by Crippen LogP contribution is -2.51. The average molecular weight is 688 g/mol. The van der Waals surface area contributed by atoms with Gasteiger partial charge in [-0.2, -0.15) is 9.97 Å². The maximum atomic E-state index is 17.0. The number of pyridine rings is 1. The third-order valence-electron chi connectivity index (χ3n) is 11.2. The van der Waals surface area contributed by atoms with Crippen molar-refractivity contribution in [1.82, 2.24) is 30.1 Å². The first-order chi connectivity index (χ1) is 24.1. The topological polar surface area (TPSA) is 116 Å². The first-order valence-corrected chi connectivity index (χ1v) is 17.7. The molecule has 3 unspecified atom stereocenters. The number of phenols is 1. The SMILES string of the molecule is CCc1c(F)ccc2cc(O)cc(-c3ncc4c(N5CC6CCC(C5)N6)nc(OC[C@]56CCCN5C(COC(=O)N(C)C)CC6)nc4c3F)c12. The van der Waals surface area contributed by atoms with Gasteiger partial charge in [-0.25, -0.2) is 13.6 Å². The number of aryl methyl sites for hydroxylation is 1. The van der Waals surface area contributed by atoms with Gasteiger partial charge < -0.3 is 29.7 Å². The molecule has 2 aromatic heterocycles. The maximum Gasteiger partial charge on any atom is 0.409 e. The smallest absolute Gasteiger partial charge is 0.409 e. The molecule has 0 spiro atoms. The first-order valence-electron chi connectivity index (χ1n) is 17.7. The summed E-state index contributed by atoms with van der Waals surface area (Å²) in [6, 6.07) is 6.73. The van der Waals surface area contributed by atoms with E-state index in [1.54, 1.807) is 32.4 Å². The van der Waals surface area contributed by atoms with Gasteiger partial charge in [0.15, 0.2) is 5.82 Å². The predicted molar refractivity (Wildman–Crippen MR) is 186 cm³/mol. The van der Waals surface area contributed by atoms with Crippen LogP contribution in [0.3, 0.4) is 0 Å². The summed E-state index contributed by atoms with van der Waals surface area (Å²) in [5.74, 6) is -0.579. The Morgan fingerprint density at radius 1 is 1.12 bits per heavy atom. The number of amides is 1. The van der Waals surface area contributed by atoms with Crippen molar-refractivity contribution in [2.45, 2.75) is 75.5 Å². The third-order valence-corrected chi connectivity index (χ3v) is 11.2. The highest BCUT2D eigenvalue weighted by molar-refractivity contribution is 6.01. The summed E-state index contributed by atoms with van der Waals surface area (Å²) < 4.78 is 44.0. The summed E-state index contributed by atoms with van der Waals surface area (Å²) in [5, 5.41) is 15.9. The van der Waals surface area contributed by atoms with E-state index in [0.29, 0.717) is 77.9 Å². The van der Waals surface area contributed by atoms with E-state index in [0.717, 1.165) is 45.1 Å². The van der Waals surface area contributed by atoms with Gasteiger partial charge in [-0.15, -0.1) is 0 Å². The number of aromatic hydroxyl groups is 1. The van der Waals surface area contributed by atoms with E-state index in [4.69, 9.17) is 14.5 Å². The fourth-order valence-electron chi connectivity index (χ4n) is 8.80. The van der Waals surface area contributed by atoms with E-state index in [1.165, 1.54) is 17.0 Å². The van der Waals surface area contributed by atoms with Crippen LogP contribution in [0.4, 0.5) is 19.4 Å². The third kappa shape index (κ3) is 5.64. The fourth-order valence-corrected chi connectivity index (χ4v) is 8.80. The number of ether oxygens (including phenoxy) is 2. The molecule has 13 heteroatoms. The van der Waals surface area contributed by atoms with Crippen molar-refractivity contribution < 1.29 is 28.2 Å². The largest absolute Gasteiger partial charge is 0.508 e. The van der Waals surface area contributed by atoms with Crippen LogP contribution in [-0.4, -0.2) is 107 Å². The van der Waals surface area contributed by atoms with Crippen molar-refractivity contribution >= 4 is 33.6 Å². The van der Waals surface area contributed by atoms with E-state index in [-0.39, 0.29) is 40.6 Å². The van der Waals surface area contributed by atoms with Crippen LogP contribution in [0, 0.1) is 11.6 Å². The number of carbonyl (C=O) groups is 1. The van der Waals surface area contributed by atoms with Crippen LogP contribution in [-0.2, 0) is 11.2 Å². The molecule has 2 bridgehead atoms. The number of anilines is 1. The first kappa shape index (κ1) is 32.8. The molecule has 0 aliphatic carbocycles. The lowest BCUT2D eigenvalue weighted by Gasteiger charge is -2.35. The van der Waals surface area contributed by atoms with Crippen molar-refractivity contribution in [3.05, 3.63) is 47.7 Å². The van der Waals surface area contributed by atoms with E-state index in [2.05, 4.69) is 25.1 Å². The van der Waals surface area contributed by atoms with Crippen LogP contribution in [0.15, 0.2) is 30.5 Å². The molecule has 1 amide bonds. The number of piperazine rings is 1. The lowest BCUT2D eigenvalue weighted by molar-refractivity contribution is 0.0484. The molecule has 11 nitrogen and oxygen atoms in total. The Kier molecular flexibility index (Phi) is 8.37. The molecule has 50 heavy (non-hydrogen) atoms. The molecule has 8 rings (SSSR count). The molecule has 6 heterocycles. The van der Waals surface area contributed by atoms with E-state index < -0.39 is 11.6 Å². The van der Waals surface area contributed by atoms with Crippen LogP contribution in [0.5, 0.6) is 11.8 Å². The van der Waals surface area contributed by atoms with Gasteiger partial charge in [-0.05, 0) is 86.0 Å². The zero-order chi connectivity index (χ0) is 34.7. The Balaban J connectivity index is 1.18.